The Kier molecular flexibility index (Phi) is 4.39. The van der Waals surface area contributed by atoms with Crippen LogP contribution < -0.4 is 15.6 Å². The van der Waals surface area contributed by atoms with E-state index in [-0.39, 0.29) is 11.5 Å². The molecule has 0 aliphatic rings. The number of hydrogen-bond donors (Lipinski definition) is 1. The summed E-state index contributed by atoms with van der Waals surface area (Å²) in [5.74, 6) is 0.363. The van der Waals surface area contributed by atoms with Gasteiger partial charge in [0.05, 0.1) is 7.11 Å². The van der Waals surface area contributed by atoms with E-state index in [1.165, 1.54) is 6.08 Å². The minimum atomic E-state index is -0.290. The maximum absolute atomic E-state index is 12.4. The Hall–Kier alpha value is -3.34. The first-order chi connectivity index (χ1) is 12.0. The van der Waals surface area contributed by atoms with Crippen LogP contribution in [0.3, 0.4) is 0 Å². The number of ether oxygens (including phenoxy) is 1. The molecule has 1 heterocycles. The van der Waals surface area contributed by atoms with Crippen LogP contribution in [0, 0.1) is 0 Å². The Morgan fingerprint density at radius 1 is 1.16 bits per heavy atom. The van der Waals surface area contributed by atoms with Gasteiger partial charge in [-0.15, -0.1) is 0 Å². The molecule has 0 atom stereocenters. The van der Waals surface area contributed by atoms with Crippen molar-refractivity contribution in [2.45, 2.75) is 0 Å². The van der Waals surface area contributed by atoms with Gasteiger partial charge in [-0.05, 0) is 35.7 Å². The lowest BCUT2D eigenvalue weighted by atomic mass is 9.99. The Balaban J connectivity index is 2.28. The average Bonchev–Trinajstić information content (AvgIpc) is 2.64. The minimum absolute atomic E-state index is 0.0607. The number of carbonyl (C=O) groups is 1. The summed E-state index contributed by atoms with van der Waals surface area (Å²) in [4.78, 5) is 24.0. The van der Waals surface area contributed by atoms with Gasteiger partial charge >= 0.3 is 0 Å². The first-order valence-electron chi connectivity index (χ1n) is 7.75. The molecule has 1 aromatic heterocycles. The van der Waals surface area contributed by atoms with Gasteiger partial charge in [-0.25, -0.2) is 0 Å². The van der Waals surface area contributed by atoms with Crippen molar-refractivity contribution in [3.63, 3.8) is 0 Å². The maximum Gasteiger partial charge on any atom is 0.258 e. The van der Waals surface area contributed by atoms with Crippen LogP contribution in [0.5, 0.6) is 5.75 Å². The molecule has 0 aliphatic heterocycles. The fourth-order valence-corrected chi connectivity index (χ4v) is 2.82. The monoisotopic (exact) mass is 334 g/mol. The van der Waals surface area contributed by atoms with E-state index in [0.717, 1.165) is 16.5 Å². The summed E-state index contributed by atoms with van der Waals surface area (Å²) in [5, 5.41) is 4.21. The number of rotatable bonds is 4. The van der Waals surface area contributed by atoms with Crippen molar-refractivity contribution in [2.75, 3.05) is 12.4 Å². The van der Waals surface area contributed by atoms with E-state index in [2.05, 4.69) is 11.9 Å². The quantitative estimate of drug-likeness (QED) is 0.745. The predicted octanol–water partition coefficient (Wildman–Crippen LogP) is 3.34. The molecule has 1 amide bonds. The molecule has 126 valence electrons. The van der Waals surface area contributed by atoms with Crippen molar-refractivity contribution in [2.24, 2.45) is 7.05 Å². The second-order valence-electron chi connectivity index (χ2n) is 5.61. The minimum Gasteiger partial charge on any atom is -0.496 e. The van der Waals surface area contributed by atoms with E-state index in [1.807, 2.05) is 24.3 Å². The lowest BCUT2D eigenvalue weighted by Gasteiger charge is -2.14. The number of anilines is 1. The second kappa shape index (κ2) is 6.65. The predicted molar refractivity (Wildman–Crippen MR) is 100 cm³/mol. The maximum atomic E-state index is 12.4. The Bertz CT molecular complexity index is 1030. The van der Waals surface area contributed by atoms with Crippen molar-refractivity contribution in [1.29, 1.82) is 0 Å². The lowest BCUT2D eigenvalue weighted by molar-refractivity contribution is -0.111. The van der Waals surface area contributed by atoms with Crippen LogP contribution in [0.25, 0.3) is 21.9 Å². The Morgan fingerprint density at radius 2 is 1.88 bits per heavy atom. The molecular weight excluding hydrogens is 316 g/mol. The van der Waals surface area contributed by atoms with Gasteiger partial charge in [-0.2, -0.15) is 0 Å². The number of nitrogens with zero attached hydrogens (tertiary/aromatic N) is 1. The highest BCUT2D eigenvalue weighted by Gasteiger charge is 2.14. The van der Waals surface area contributed by atoms with Gasteiger partial charge in [-0.1, -0.05) is 24.8 Å². The SMILES string of the molecule is C=CC(=O)Nc1ccc(OC)c(-c2cn(C)c(=O)c3ccccc23)c1. The molecule has 0 bridgehead atoms. The average molecular weight is 334 g/mol. The van der Waals surface area contributed by atoms with Crippen molar-refractivity contribution in [3.8, 4) is 16.9 Å². The molecule has 0 spiro atoms. The Labute approximate surface area is 145 Å². The topological polar surface area (TPSA) is 60.3 Å². The molecular formula is C20H18N2O3. The molecule has 0 aliphatic carbocycles. The highest BCUT2D eigenvalue weighted by Crippen LogP contribution is 2.35. The largest absolute Gasteiger partial charge is 0.496 e. The van der Waals surface area contributed by atoms with E-state index in [0.29, 0.717) is 16.8 Å². The van der Waals surface area contributed by atoms with Crippen molar-refractivity contribution in [1.82, 2.24) is 4.57 Å². The van der Waals surface area contributed by atoms with E-state index in [1.54, 1.807) is 43.1 Å². The van der Waals surface area contributed by atoms with Crippen LogP contribution in [0.2, 0.25) is 0 Å². The number of aryl methyl sites for hydroxylation is 1. The third kappa shape index (κ3) is 3.04. The van der Waals surface area contributed by atoms with Crippen LogP contribution in [0.1, 0.15) is 0 Å². The standard InChI is InChI=1S/C20H18N2O3/c1-4-19(23)21-13-9-10-18(25-3)16(11-13)17-12-22(2)20(24)15-8-6-5-7-14(15)17/h4-12H,1H2,2-3H3,(H,21,23). The molecule has 0 fully saturated rings. The van der Waals surface area contributed by atoms with Gasteiger partial charge in [0.15, 0.2) is 0 Å². The van der Waals surface area contributed by atoms with Crippen LogP contribution in [-0.2, 0) is 11.8 Å². The van der Waals surface area contributed by atoms with Crippen molar-refractivity contribution >= 4 is 22.4 Å². The van der Waals surface area contributed by atoms with Crippen molar-refractivity contribution in [3.05, 3.63) is 71.7 Å². The number of fused-ring (bicyclic) bond motifs is 1. The molecule has 2 aromatic carbocycles. The first-order valence-corrected chi connectivity index (χ1v) is 7.75. The van der Waals surface area contributed by atoms with E-state index < -0.39 is 0 Å². The summed E-state index contributed by atoms with van der Waals surface area (Å²) in [7, 11) is 3.30. The zero-order valence-electron chi connectivity index (χ0n) is 14.1. The molecule has 3 aromatic rings. The molecule has 0 radical (unpaired) electrons. The first kappa shape index (κ1) is 16.5. The summed E-state index contributed by atoms with van der Waals surface area (Å²) in [6.45, 7) is 3.46. The number of amides is 1. The highest BCUT2D eigenvalue weighted by molar-refractivity contribution is 6.01. The molecule has 25 heavy (non-hydrogen) atoms. The van der Waals surface area contributed by atoms with E-state index in [9.17, 15) is 9.59 Å². The second-order valence-corrected chi connectivity index (χ2v) is 5.61. The summed E-state index contributed by atoms with van der Waals surface area (Å²) < 4.78 is 7.03. The fourth-order valence-electron chi connectivity index (χ4n) is 2.82. The van der Waals surface area contributed by atoms with Crippen LogP contribution >= 0.6 is 0 Å². The summed E-state index contributed by atoms with van der Waals surface area (Å²) >= 11 is 0. The summed E-state index contributed by atoms with van der Waals surface area (Å²) in [6, 6.07) is 12.8. The number of pyridine rings is 1. The highest BCUT2D eigenvalue weighted by atomic mass is 16.5. The zero-order valence-corrected chi connectivity index (χ0v) is 14.1. The van der Waals surface area contributed by atoms with E-state index >= 15 is 0 Å². The van der Waals surface area contributed by atoms with E-state index in [4.69, 9.17) is 4.74 Å². The van der Waals surface area contributed by atoms with Gasteiger partial charge in [0, 0.05) is 35.4 Å². The normalized spacial score (nSPS) is 10.5. The number of methoxy groups -OCH3 is 1. The van der Waals surface area contributed by atoms with Gasteiger partial charge in [0.1, 0.15) is 5.75 Å². The zero-order chi connectivity index (χ0) is 18.0. The number of hydrogen-bond acceptors (Lipinski definition) is 3. The molecule has 1 N–H and O–H groups in total. The fraction of sp³-hybridized carbons (Fsp3) is 0.100. The van der Waals surface area contributed by atoms with Gasteiger partial charge in [0.2, 0.25) is 5.91 Å². The smallest absolute Gasteiger partial charge is 0.258 e. The third-order valence-electron chi connectivity index (χ3n) is 4.03. The van der Waals surface area contributed by atoms with Crippen LogP contribution in [0.15, 0.2) is 66.1 Å². The lowest BCUT2D eigenvalue weighted by Crippen LogP contribution is -2.16. The molecule has 0 saturated heterocycles. The van der Waals surface area contributed by atoms with Crippen molar-refractivity contribution < 1.29 is 9.53 Å². The molecule has 5 nitrogen and oxygen atoms in total. The summed E-state index contributed by atoms with van der Waals surface area (Å²) in [5.41, 5.74) is 2.20. The third-order valence-corrected chi connectivity index (χ3v) is 4.03. The van der Waals surface area contributed by atoms with Gasteiger partial charge in [0.25, 0.3) is 5.56 Å². The molecule has 5 heteroatoms. The number of aromatic nitrogens is 1. The van der Waals surface area contributed by atoms with Gasteiger partial charge < -0.3 is 14.6 Å². The van der Waals surface area contributed by atoms with Crippen LogP contribution in [-0.4, -0.2) is 17.6 Å². The number of benzene rings is 2. The number of nitrogens with one attached hydrogen (secondary N) is 1. The molecule has 0 unspecified atom stereocenters. The number of carbonyl (C=O) groups excluding carboxylic acids is 1. The molecule has 3 rings (SSSR count). The molecule has 0 saturated carbocycles. The van der Waals surface area contributed by atoms with Crippen LogP contribution in [0.4, 0.5) is 5.69 Å². The Morgan fingerprint density at radius 3 is 2.56 bits per heavy atom. The van der Waals surface area contributed by atoms with Gasteiger partial charge in [-0.3, -0.25) is 9.59 Å². The summed E-state index contributed by atoms with van der Waals surface area (Å²) in [6.07, 6.45) is 2.99.